The molecule has 0 unspecified atom stereocenters. The number of nitrogens with one attached hydrogen (secondary N) is 2. The van der Waals surface area contributed by atoms with Gasteiger partial charge in [0.2, 0.25) is 11.8 Å². The van der Waals surface area contributed by atoms with Crippen molar-refractivity contribution in [3.63, 3.8) is 0 Å². The number of benzene rings is 3. The summed E-state index contributed by atoms with van der Waals surface area (Å²) in [5, 5.41) is 6.29. The molecule has 4 aromatic rings. The first kappa shape index (κ1) is 26.7. The van der Waals surface area contributed by atoms with Gasteiger partial charge in [0.25, 0.3) is 5.91 Å². The van der Waals surface area contributed by atoms with Crippen LogP contribution < -0.4 is 20.3 Å². The van der Waals surface area contributed by atoms with E-state index >= 15 is 0 Å². The van der Waals surface area contributed by atoms with Crippen molar-refractivity contribution in [1.82, 2.24) is 14.9 Å². The maximum atomic E-state index is 14.4. The van der Waals surface area contributed by atoms with Crippen molar-refractivity contribution in [2.24, 2.45) is 0 Å². The summed E-state index contributed by atoms with van der Waals surface area (Å²) in [5.41, 5.74) is 2.06. The molecule has 0 saturated carbocycles. The van der Waals surface area contributed by atoms with Crippen molar-refractivity contribution in [3.8, 4) is 11.6 Å². The van der Waals surface area contributed by atoms with Crippen LogP contribution in [-0.4, -0.2) is 54.0 Å². The number of halogens is 3. The summed E-state index contributed by atoms with van der Waals surface area (Å²) in [6, 6.07) is 18.6. The van der Waals surface area contributed by atoms with Crippen LogP contribution in [0.5, 0.6) is 11.6 Å². The van der Waals surface area contributed by atoms with Crippen molar-refractivity contribution in [1.29, 1.82) is 0 Å². The van der Waals surface area contributed by atoms with Gasteiger partial charge in [0.05, 0.1) is 15.7 Å². The molecular formula is C28H25Cl2FN6O2. The Morgan fingerprint density at radius 2 is 1.64 bits per heavy atom. The average molecular weight is 567 g/mol. The minimum atomic E-state index is -0.626. The summed E-state index contributed by atoms with van der Waals surface area (Å²) in [5.74, 6) is -1.30. The fourth-order valence-corrected chi connectivity index (χ4v) is 4.53. The van der Waals surface area contributed by atoms with E-state index in [4.69, 9.17) is 27.9 Å². The van der Waals surface area contributed by atoms with Gasteiger partial charge < -0.3 is 25.2 Å². The maximum Gasteiger partial charge on any atom is 0.262 e. The number of piperazine rings is 1. The molecule has 2 heterocycles. The molecule has 5 rings (SSSR count). The quantitative estimate of drug-likeness (QED) is 0.265. The Morgan fingerprint density at radius 1 is 0.949 bits per heavy atom. The molecule has 39 heavy (non-hydrogen) atoms. The van der Waals surface area contributed by atoms with Crippen LogP contribution in [0.4, 0.5) is 27.4 Å². The fraction of sp³-hybridized carbons (Fsp3) is 0.179. The van der Waals surface area contributed by atoms with E-state index in [-0.39, 0.29) is 38.9 Å². The van der Waals surface area contributed by atoms with Gasteiger partial charge in [0.15, 0.2) is 11.6 Å². The number of anilines is 4. The van der Waals surface area contributed by atoms with E-state index < -0.39 is 11.7 Å². The molecule has 3 aromatic carbocycles. The van der Waals surface area contributed by atoms with Gasteiger partial charge in [-0.2, -0.15) is 4.98 Å². The Kier molecular flexibility index (Phi) is 8.11. The molecule has 8 nitrogen and oxygen atoms in total. The van der Waals surface area contributed by atoms with Crippen LogP contribution in [0.2, 0.25) is 10.0 Å². The van der Waals surface area contributed by atoms with Crippen LogP contribution >= 0.6 is 23.2 Å². The monoisotopic (exact) mass is 566 g/mol. The first-order valence-corrected chi connectivity index (χ1v) is 13.0. The Balaban J connectivity index is 1.40. The number of para-hydroxylation sites is 2. The summed E-state index contributed by atoms with van der Waals surface area (Å²) < 4.78 is 20.1. The number of hydrogen-bond donors (Lipinski definition) is 2. The molecule has 1 amide bonds. The second-order valence-electron chi connectivity index (χ2n) is 8.96. The van der Waals surface area contributed by atoms with Gasteiger partial charge in [-0.05, 0) is 55.6 Å². The molecule has 1 aromatic heterocycles. The lowest BCUT2D eigenvalue weighted by atomic mass is 10.2. The molecule has 0 spiro atoms. The standard InChI is InChI=1S/C28H25Cl2FN6O2/c1-36-13-15-37(16-14-36)19-11-9-18(10-12-19)33-28-32-17-20(26(38)34-25-21(29)5-4-6-22(25)30)27(35-28)39-24-8-3-2-7-23(24)31/h2-12,17H,13-16H2,1H3,(H,34,38)(H,32,33,35). The number of amides is 1. The molecule has 1 saturated heterocycles. The Morgan fingerprint density at radius 3 is 2.33 bits per heavy atom. The van der Waals surface area contributed by atoms with E-state index in [2.05, 4.69) is 37.4 Å². The van der Waals surface area contributed by atoms with Crippen LogP contribution in [0.25, 0.3) is 0 Å². The van der Waals surface area contributed by atoms with Gasteiger partial charge in [0.1, 0.15) is 5.56 Å². The maximum absolute atomic E-state index is 14.4. The third-order valence-corrected chi connectivity index (χ3v) is 6.86. The van der Waals surface area contributed by atoms with Crippen LogP contribution in [-0.2, 0) is 0 Å². The predicted molar refractivity (Wildman–Crippen MR) is 152 cm³/mol. The lowest BCUT2D eigenvalue weighted by Gasteiger charge is -2.34. The van der Waals surface area contributed by atoms with Crippen molar-refractivity contribution in [2.45, 2.75) is 0 Å². The number of rotatable bonds is 7. The molecule has 200 valence electrons. The zero-order chi connectivity index (χ0) is 27.4. The third kappa shape index (κ3) is 6.39. The molecule has 11 heteroatoms. The Hall–Kier alpha value is -3.92. The second-order valence-corrected chi connectivity index (χ2v) is 9.77. The van der Waals surface area contributed by atoms with Gasteiger partial charge in [-0.1, -0.05) is 41.4 Å². The largest absolute Gasteiger partial charge is 0.435 e. The minimum absolute atomic E-state index is 0.0368. The van der Waals surface area contributed by atoms with Gasteiger partial charge in [-0.3, -0.25) is 4.79 Å². The van der Waals surface area contributed by atoms with Crippen molar-refractivity contribution < 1.29 is 13.9 Å². The number of likely N-dealkylation sites (N-methyl/N-ethyl adjacent to an activating group) is 1. The lowest BCUT2D eigenvalue weighted by molar-refractivity contribution is 0.102. The average Bonchev–Trinajstić information content (AvgIpc) is 2.93. The van der Waals surface area contributed by atoms with Crippen molar-refractivity contribution in [3.05, 3.63) is 94.4 Å². The number of nitrogens with zero attached hydrogens (tertiary/aromatic N) is 4. The SMILES string of the molecule is CN1CCN(c2ccc(Nc3ncc(C(=O)Nc4c(Cl)cccc4Cl)c(Oc4ccccc4F)n3)cc2)CC1. The molecule has 2 N–H and O–H groups in total. The van der Waals surface area contributed by atoms with Gasteiger partial charge >= 0.3 is 0 Å². The number of ether oxygens (including phenoxy) is 1. The van der Waals surface area contributed by atoms with Crippen LogP contribution in [0.3, 0.4) is 0 Å². The highest BCUT2D eigenvalue weighted by molar-refractivity contribution is 6.40. The molecule has 0 bridgehead atoms. The van der Waals surface area contributed by atoms with E-state index in [1.54, 1.807) is 24.3 Å². The normalized spacial score (nSPS) is 13.7. The van der Waals surface area contributed by atoms with Crippen molar-refractivity contribution in [2.75, 3.05) is 48.8 Å². The minimum Gasteiger partial charge on any atom is -0.435 e. The summed E-state index contributed by atoms with van der Waals surface area (Å²) in [4.78, 5) is 26.5. The smallest absolute Gasteiger partial charge is 0.262 e. The van der Waals surface area contributed by atoms with Gasteiger partial charge in [-0.15, -0.1) is 0 Å². The molecular weight excluding hydrogens is 542 g/mol. The summed E-state index contributed by atoms with van der Waals surface area (Å²) >= 11 is 12.4. The first-order valence-electron chi connectivity index (χ1n) is 12.2. The first-order chi connectivity index (χ1) is 18.9. The van der Waals surface area contributed by atoms with Gasteiger partial charge in [-0.25, -0.2) is 9.37 Å². The molecule has 0 aliphatic carbocycles. The zero-order valence-electron chi connectivity index (χ0n) is 21.0. The van der Waals surface area contributed by atoms with Crippen LogP contribution in [0.15, 0.2) is 72.9 Å². The van der Waals surface area contributed by atoms with E-state index in [9.17, 15) is 9.18 Å². The van der Waals surface area contributed by atoms with E-state index in [1.165, 1.54) is 24.4 Å². The topological polar surface area (TPSA) is 82.6 Å². The summed E-state index contributed by atoms with van der Waals surface area (Å²) in [7, 11) is 2.12. The summed E-state index contributed by atoms with van der Waals surface area (Å²) in [6.45, 7) is 3.96. The van der Waals surface area contributed by atoms with E-state index in [0.29, 0.717) is 0 Å². The Labute approximate surface area is 235 Å². The third-order valence-electron chi connectivity index (χ3n) is 6.23. The lowest BCUT2D eigenvalue weighted by Crippen LogP contribution is -2.44. The zero-order valence-corrected chi connectivity index (χ0v) is 22.5. The fourth-order valence-electron chi connectivity index (χ4n) is 4.04. The van der Waals surface area contributed by atoms with Crippen LogP contribution in [0.1, 0.15) is 10.4 Å². The van der Waals surface area contributed by atoms with E-state index in [1.807, 2.05) is 24.3 Å². The van der Waals surface area contributed by atoms with Crippen molar-refractivity contribution >= 4 is 52.1 Å². The number of carbonyl (C=O) groups is 1. The highest BCUT2D eigenvalue weighted by atomic mass is 35.5. The molecule has 0 atom stereocenters. The van der Waals surface area contributed by atoms with Crippen LogP contribution in [0, 0.1) is 5.82 Å². The number of aromatic nitrogens is 2. The Bertz CT molecular complexity index is 1460. The number of hydrogen-bond acceptors (Lipinski definition) is 7. The molecule has 1 aliphatic rings. The van der Waals surface area contributed by atoms with E-state index in [0.717, 1.165) is 37.6 Å². The predicted octanol–water partition coefficient (Wildman–Crippen LogP) is 6.46. The van der Waals surface area contributed by atoms with Gasteiger partial charge in [0, 0.05) is 43.8 Å². The highest BCUT2D eigenvalue weighted by Gasteiger charge is 2.21. The molecule has 1 fully saturated rings. The molecule has 0 radical (unpaired) electrons. The second kappa shape index (κ2) is 11.9. The number of carbonyl (C=O) groups excluding carboxylic acids is 1. The summed E-state index contributed by atoms with van der Waals surface area (Å²) in [6.07, 6.45) is 1.30. The highest BCUT2D eigenvalue weighted by Crippen LogP contribution is 2.32. The molecule has 1 aliphatic heterocycles.